The zero-order valence-corrected chi connectivity index (χ0v) is 6.89. The molecule has 0 aliphatic heterocycles. The largest absolute Gasteiger partial charge is 0.501 e. The molecule has 0 saturated carbocycles. The first-order valence-corrected chi connectivity index (χ1v) is 3.68. The van der Waals surface area contributed by atoms with Gasteiger partial charge < -0.3 is 4.74 Å². The highest BCUT2D eigenvalue weighted by Crippen LogP contribution is 2.18. The number of Topliss-reactive ketones (excluding diaryl/α,β-unsaturated/α-hetero) is 1. The molecular formula is C9H12O2. The maximum absolute atomic E-state index is 10.9. The Morgan fingerprint density at radius 3 is 2.55 bits per heavy atom. The lowest BCUT2D eigenvalue weighted by Gasteiger charge is -2.10. The summed E-state index contributed by atoms with van der Waals surface area (Å²) in [5, 5.41) is 0. The highest BCUT2D eigenvalue weighted by Gasteiger charge is 2.08. The number of methoxy groups -OCH3 is 1. The van der Waals surface area contributed by atoms with E-state index in [0.717, 1.165) is 24.2 Å². The van der Waals surface area contributed by atoms with Crippen LogP contribution in [0.5, 0.6) is 0 Å². The number of rotatable bonds is 2. The summed E-state index contributed by atoms with van der Waals surface area (Å²) < 4.78 is 5.02. The first kappa shape index (κ1) is 8.05. The normalized spacial score (nSPS) is 16.9. The topological polar surface area (TPSA) is 26.3 Å². The van der Waals surface area contributed by atoms with Gasteiger partial charge in [-0.05, 0) is 25.0 Å². The van der Waals surface area contributed by atoms with Crippen molar-refractivity contribution in [3.63, 3.8) is 0 Å². The van der Waals surface area contributed by atoms with E-state index < -0.39 is 0 Å². The molecule has 11 heavy (non-hydrogen) atoms. The quantitative estimate of drug-likeness (QED) is 0.603. The van der Waals surface area contributed by atoms with Gasteiger partial charge in [0.2, 0.25) is 0 Å². The van der Waals surface area contributed by atoms with Crippen LogP contribution in [0.2, 0.25) is 0 Å². The molecule has 1 aliphatic carbocycles. The summed E-state index contributed by atoms with van der Waals surface area (Å²) in [5.74, 6) is 1.12. The van der Waals surface area contributed by atoms with E-state index >= 15 is 0 Å². The zero-order chi connectivity index (χ0) is 8.27. The molecule has 0 bridgehead atoms. The second-order valence-corrected chi connectivity index (χ2v) is 2.59. The minimum absolute atomic E-state index is 0.163. The lowest BCUT2D eigenvalue weighted by atomic mass is 10.0. The molecule has 0 N–H and O–H groups in total. The van der Waals surface area contributed by atoms with Gasteiger partial charge in [-0.3, -0.25) is 4.79 Å². The van der Waals surface area contributed by atoms with E-state index in [0.29, 0.717) is 0 Å². The van der Waals surface area contributed by atoms with Gasteiger partial charge in [0.15, 0.2) is 5.78 Å². The lowest BCUT2D eigenvalue weighted by molar-refractivity contribution is -0.113. The third-order valence-corrected chi connectivity index (χ3v) is 1.83. The summed E-state index contributed by atoms with van der Waals surface area (Å²) in [6, 6.07) is 0. The van der Waals surface area contributed by atoms with Gasteiger partial charge >= 0.3 is 0 Å². The van der Waals surface area contributed by atoms with Crippen molar-refractivity contribution in [1.82, 2.24) is 0 Å². The van der Waals surface area contributed by atoms with Crippen LogP contribution in [0.25, 0.3) is 0 Å². The molecule has 0 radical (unpaired) electrons. The Morgan fingerprint density at radius 1 is 1.45 bits per heavy atom. The molecule has 1 aliphatic rings. The predicted molar refractivity (Wildman–Crippen MR) is 43.1 cm³/mol. The second-order valence-electron chi connectivity index (χ2n) is 2.59. The first-order valence-electron chi connectivity index (χ1n) is 3.68. The molecule has 0 spiro atoms. The molecule has 0 heterocycles. The van der Waals surface area contributed by atoms with Crippen molar-refractivity contribution in [2.45, 2.75) is 19.8 Å². The van der Waals surface area contributed by atoms with Crippen molar-refractivity contribution in [2.75, 3.05) is 7.11 Å². The Balaban J connectivity index is 2.69. The second kappa shape index (κ2) is 3.37. The summed E-state index contributed by atoms with van der Waals surface area (Å²) in [4.78, 5) is 10.9. The number of allylic oxidation sites excluding steroid dienone is 4. The van der Waals surface area contributed by atoms with Gasteiger partial charge in [0.25, 0.3) is 0 Å². The monoisotopic (exact) mass is 152 g/mol. The zero-order valence-electron chi connectivity index (χ0n) is 6.89. The van der Waals surface area contributed by atoms with Gasteiger partial charge in [0.1, 0.15) is 0 Å². The van der Waals surface area contributed by atoms with E-state index in [1.807, 2.05) is 12.2 Å². The molecule has 1 rings (SSSR count). The summed E-state index contributed by atoms with van der Waals surface area (Å²) in [5.41, 5.74) is 0.894. The molecule has 0 amide bonds. The summed E-state index contributed by atoms with van der Waals surface area (Å²) >= 11 is 0. The number of hydrogen-bond acceptors (Lipinski definition) is 2. The van der Waals surface area contributed by atoms with Crippen LogP contribution in [0.4, 0.5) is 0 Å². The number of ketones is 1. The Hall–Kier alpha value is -1.05. The minimum atomic E-state index is 0.163. The van der Waals surface area contributed by atoms with Crippen molar-refractivity contribution < 1.29 is 9.53 Å². The van der Waals surface area contributed by atoms with Crippen LogP contribution in [-0.2, 0) is 9.53 Å². The van der Waals surface area contributed by atoms with Crippen molar-refractivity contribution in [1.29, 1.82) is 0 Å². The standard InChI is InChI=1S/C9H12O2/c1-7(10)8-3-5-9(11-2)6-4-8/h3,5H,4,6H2,1-2H3. The number of hydrogen-bond donors (Lipinski definition) is 0. The fourth-order valence-electron chi connectivity index (χ4n) is 1.08. The molecule has 2 nitrogen and oxygen atoms in total. The summed E-state index contributed by atoms with van der Waals surface area (Å²) in [6.07, 6.45) is 5.36. The van der Waals surface area contributed by atoms with Crippen LogP contribution in [-0.4, -0.2) is 12.9 Å². The molecule has 2 heteroatoms. The van der Waals surface area contributed by atoms with Gasteiger partial charge in [-0.1, -0.05) is 6.08 Å². The maximum atomic E-state index is 10.9. The van der Waals surface area contributed by atoms with E-state index in [1.165, 1.54) is 0 Å². The van der Waals surface area contributed by atoms with Gasteiger partial charge in [0, 0.05) is 6.42 Å². The average Bonchev–Trinajstić information content (AvgIpc) is 2.05. The summed E-state index contributed by atoms with van der Waals surface area (Å²) in [6.45, 7) is 1.59. The van der Waals surface area contributed by atoms with E-state index in [9.17, 15) is 4.79 Å². The van der Waals surface area contributed by atoms with Gasteiger partial charge in [-0.25, -0.2) is 0 Å². The Labute approximate surface area is 66.5 Å². The van der Waals surface area contributed by atoms with E-state index in [2.05, 4.69) is 0 Å². The van der Waals surface area contributed by atoms with E-state index in [-0.39, 0.29) is 5.78 Å². The number of ether oxygens (including phenoxy) is 1. The number of carbonyl (C=O) groups excluding carboxylic acids is 1. The van der Waals surface area contributed by atoms with Crippen LogP contribution < -0.4 is 0 Å². The van der Waals surface area contributed by atoms with Crippen LogP contribution in [0.15, 0.2) is 23.5 Å². The van der Waals surface area contributed by atoms with Crippen molar-refractivity contribution in [3.8, 4) is 0 Å². The average molecular weight is 152 g/mol. The van der Waals surface area contributed by atoms with Crippen molar-refractivity contribution >= 4 is 5.78 Å². The SMILES string of the molecule is COC1=CC=C(C(C)=O)CC1. The third-order valence-electron chi connectivity index (χ3n) is 1.83. The molecule has 60 valence electrons. The highest BCUT2D eigenvalue weighted by atomic mass is 16.5. The minimum Gasteiger partial charge on any atom is -0.501 e. The van der Waals surface area contributed by atoms with Crippen LogP contribution >= 0.6 is 0 Å². The van der Waals surface area contributed by atoms with Gasteiger partial charge in [-0.15, -0.1) is 0 Å². The number of carbonyl (C=O) groups is 1. The maximum Gasteiger partial charge on any atom is 0.155 e. The molecule has 0 aromatic carbocycles. The third kappa shape index (κ3) is 1.93. The smallest absolute Gasteiger partial charge is 0.155 e. The van der Waals surface area contributed by atoms with E-state index in [1.54, 1.807) is 14.0 Å². The Morgan fingerprint density at radius 2 is 2.18 bits per heavy atom. The molecule has 0 aromatic rings. The lowest BCUT2D eigenvalue weighted by Crippen LogP contribution is -2.01. The van der Waals surface area contributed by atoms with Crippen LogP contribution in [0, 0.1) is 0 Å². The molecule has 0 aromatic heterocycles. The molecule has 0 unspecified atom stereocenters. The molecular weight excluding hydrogens is 140 g/mol. The van der Waals surface area contributed by atoms with Crippen LogP contribution in [0.1, 0.15) is 19.8 Å². The molecule has 0 saturated heterocycles. The fraction of sp³-hybridized carbons (Fsp3) is 0.444. The molecule has 0 atom stereocenters. The molecule has 0 fully saturated rings. The first-order chi connectivity index (χ1) is 5.24. The van der Waals surface area contributed by atoms with Gasteiger partial charge in [-0.2, -0.15) is 0 Å². The van der Waals surface area contributed by atoms with Crippen molar-refractivity contribution in [2.24, 2.45) is 0 Å². The predicted octanol–water partition coefficient (Wildman–Crippen LogP) is 1.83. The summed E-state index contributed by atoms with van der Waals surface area (Å²) in [7, 11) is 1.65. The fourth-order valence-corrected chi connectivity index (χ4v) is 1.08. The van der Waals surface area contributed by atoms with E-state index in [4.69, 9.17) is 4.74 Å². The van der Waals surface area contributed by atoms with Gasteiger partial charge in [0.05, 0.1) is 12.9 Å². The van der Waals surface area contributed by atoms with Crippen molar-refractivity contribution in [3.05, 3.63) is 23.5 Å². The Bertz CT molecular complexity index is 224. The Kier molecular flexibility index (Phi) is 2.47. The van der Waals surface area contributed by atoms with Crippen LogP contribution in [0.3, 0.4) is 0 Å². The highest BCUT2D eigenvalue weighted by molar-refractivity contribution is 5.93.